The van der Waals surface area contributed by atoms with E-state index in [2.05, 4.69) is 25.3 Å². The van der Waals surface area contributed by atoms with Crippen molar-refractivity contribution in [3.05, 3.63) is 0 Å². The minimum Gasteiger partial charge on any atom is -0.731 e. The van der Waals surface area contributed by atoms with Crippen molar-refractivity contribution in [1.29, 1.82) is 0 Å². The second kappa shape index (κ2) is 6.05. The summed E-state index contributed by atoms with van der Waals surface area (Å²) < 4.78 is -0.556. The second-order valence-electron chi connectivity index (χ2n) is 0.266. The summed E-state index contributed by atoms with van der Waals surface area (Å²) in [5.41, 5.74) is 0. The van der Waals surface area contributed by atoms with Gasteiger partial charge >= 0.3 is 58.2 Å². The van der Waals surface area contributed by atoms with Crippen molar-refractivity contribution in [2.45, 2.75) is 0 Å². The van der Waals surface area contributed by atoms with Gasteiger partial charge in [0.2, 0.25) is 0 Å². The molecular weight excluding hydrogens is 178 g/mol. The number of carbonyl (C=O) groups excluding carboxylic acids is 1. The summed E-state index contributed by atoms with van der Waals surface area (Å²) in [5.74, 6) is 0. The van der Waals surface area contributed by atoms with Gasteiger partial charge < -0.3 is 17.4 Å². The summed E-state index contributed by atoms with van der Waals surface area (Å²) in [6.45, 7) is 0. The summed E-state index contributed by atoms with van der Waals surface area (Å²) in [7, 11) is 0. The number of thiol groups is 1. The standard InChI is InChI=1S/CH2OS2.Rb/c2-1(3)4;/h(H2,2,3,4);/q;+1/p-1. The molecule has 0 radical (unpaired) electrons. The van der Waals surface area contributed by atoms with E-state index in [0.29, 0.717) is 0 Å². The van der Waals surface area contributed by atoms with E-state index in [9.17, 15) is 0 Å². The Bertz CT molecular complexity index is 32.6. The molecule has 0 rings (SSSR count). The van der Waals surface area contributed by atoms with Crippen LogP contribution in [0.1, 0.15) is 0 Å². The topological polar surface area (TPSA) is 17.1 Å². The van der Waals surface area contributed by atoms with Crippen molar-refractivity contribution < 1.29 is 63.0 Å². The van der Waals surface area contributed by atoms with Crippen LogP contribution < -0.4 is 58.2 Å². The second-order valence-corrected chi connectivity index (χ2v) is 1.35. The molecule has 0 unspecified atom stereocenters. The third-order valence-electron chi connectivity index (χ3n) is 0. The molecule has 0 bridgehead atoms. The van der Waals surface area contributed by atoms with Gasteiger partial charge in [-0.15, -0.1) is 12.6 Å². The van der Waals surface area contributed by atoms with Crippen LogP contribution in [0.3, 0.4) is 0 Å². The van der Waals surface area contributed by atoms with Gasteiger partial charge in [-0.25, -0.2) is 0 Å². The number of rotatable bonds is 0. The number of hydrogen-bond acceptors (Lipinski definition) is 2. The van der Waals surface area contributed by atoms with Gasteiger partial charge in [-0.3, -0.25) is 0 Å². The van der Waals surface area contributed by atoms with Crippen molar-refractivity contribution in [3.63, 3.8) is 0 Å². The van der Waals surface area contributed by atoms with E-state index in [0.717, 1.165) is 0 Å². The Morgan fingerprint density at radius 1 is 1.80 bits per heavy atom. The maximum atomic E-state index is 9.12. The summed E-state index contributed by atoms with van der Waals surface area (Å²) in [4.78, 5) is 9.12. The molecule has 5 heavy (non-hydrogen) atoms. The molecule has 0 aromatic heterocycles. The SMILES string of the molecule is O=C([S-])S.[Rb+]. The molecule has 0 heterocycles. The van der Waals surface area contributed by atoms with Crippen LogP contribution in [-0.2, 0) is 12.6 Å². The molecule has 0 spiro atoms. The van der Waals surface area contributed by atoms with Crippen LogP contribution in [0.5, 0.6) is 0 Å². The molecule has 0 aliphatic carbocycles. The Labute approximate surface area is 90.5 Å². The Morgan fingerprint density at radius 3 is 1.80 bits per heavy atom. The summed E-state index contributed by atoms with van der Waals surface area (Å²) in [6, 6.07) is 0. The van der Waals surface area contributed by atoms with E-state index in [1.165, 1.54) is 0 Å². The quantitative estimate of drug-likeness (QED) is 0.329. The van der Waals surface area contributed by atoms with Crippen molar-refractivity contribution in [1.82, 2.24) is 0 Å². The van der Waals surface area contributed by atoms with Crippen LogP contribution in [0.2, 0.25) is 0 Å². The van der Waals surface area contributed by atoms with E-state index >= 15 is 0 Å². The van der Waals surface area contributed by atoms with E-state index in [4.69, 9.17) is 4.79 Å². The maximum Gasteiger partial charge on any atom is 1.00 e. The minimum atomic E-state index is -0.556. The van der Waals surface area contributed by atoms with Crippen LogP contribution in [0.4, 0.5) is 4.79 Å². The van der Waals surface area contributed by atoms with Crippen LogP contribution in [0, 0.1) is 0 Å². The van der Waals surface area contributed by atoms with Gasteiger partial charge in [0.15, 0.2) is 0 Å². The van der Waals surface area contributed by atoms with Gasteiger partial charge in [0, 0.05) is 0 Å². The van der Waals surface area contributed by atoms with E-state index in [-0.39, 0.29) is 58.2 Å². The first-order valence-corrected chi connectivity index (χ1v) is 1.49. The predicted molar refractivity (Wildman–Crippen MR) is 21.7 cm³/mol. The van der Waals surface area contributed by atoms with Gasteiger partial charge in [0.25, 0.3) is 0 Å². The largest absolute Gasteiger partial charge is 1.00 e. The van der Waals surface area contributed by atoms with Crippen LogP contribution >= 0.6 is 12.6 Å². The van der Waals surface area contributed by atoms with Crippen molar-refractivity contribution in [2.75, 3.05) is 0 Å². The molecule has 0 aromatic rings. The molecule has 4 heteroatoms. The van der Waals surface area contributed by atoms with E-state index < -0.39 is 4.45 Å². The Balaban J connectivity index is 0. The zero-order valence-corrected chi connectivity index (χ0v) is 9.39. The van der Waals surface area contributed by atoms with Gasteiger partial charge in [0.05, 0.1) is 4.45 Å². The summed E-state index contributed by atoms with van der Waals surface area (Å²) in [5, 5.41) is 0. The molecule has 0 aliphatic rings. The minimum absolute atomic E-state index is 0. The molecule has 0 saturated heterocycles. The smallest absolute Gasteiger partial charge is 0.731 e. The van der Waals surface area contributed by atoms with Crippen molar-refractivity contribution in [2.24, 2.45) is 0 Å². The zero-order chi connectivity index (χ0) is 3.58. The Morgan fingerprint density at radius 2 is 1.80 bits per heavy atom. The third-order valence-corrected chi connectivity index (χ3v) is 0. The maximum absolute atomic E-state index is 9.12. The van der Waals surface area contributed by atoms with Gasteiger partial charge in [-0.05, 0) is 0 Å². The first-order chi connectivity index (χ1) is 1.73. The first kappa shape index (κ1) is 10.1. The van der Waals surface area contributed by atoms with Gasteiger partial charge in [-0.1, -0.05) is 0 Å². The first-order valence-electron chi connectivity index (χ1n) is 0.632. The van der Waals surface area contributed by atoms with Crippen LogP contribution in [-0.4, -0.2) is 4.45 Å². The Hall–Kier alpha value is 2.05. The molecule has 0 aromatic carbocycles. The average Bonchev–Trinajstić information content (AvgIpc) is 0.811. The fraction of sp³-hybridized carbons (Fsp3) is 0. The molecule has 1 nitrogen and oxygen atoms in total. The molecule has 0 aliphatic heterocycles. The molecule has 0 amide bonds. The van der Waals surface area contributed by atoms with Crippen molar-refractivity contribution in [3.8, 4) is 0 Å². The molecule has 0 fully saturated rings. The molecular formula is CHORbS2. The van der Waals surface area contributed by atoms with Gasteiger partial charge in [0.1, 0.15) is 0 Å². The zero-order valence-electron chi connectivity index (χ0n) is 2.76. The third kappa shape index (κ3) is 23.6. The fourth-order valence-corrected chi connectivity index (χ4v) is 0. The number of hydrogen-bond donors (Lipinski definition) is 1. The molecule has 24 valence electrons. The average molecular weight is 179 g/mol. The summed E-state index contributed by atoms with van der Waals surface area (Å²) >= 11 is 6.99. The van der Waals surface area contributed by atoms with E-state index in [1.54, 1.807) is 0 Å². The fourth-order valence-electron chi connectivity index (χ4n) is 0. The summed E-state index contributed by atoms with van der Waals surface area (Å²) in [6.07, 6.45) is 0. The van der Waals surface area contributed by atoms with Crippen LogP contribution in [0.25, 0.3) is 0 Å². The van der Waals surface area contributed by atoms with Crippen LogP contribution in [0.15, 0.2) is 0 Å². The molecule has 0 N–H and O–H groups in total. The predicted octanol–water partition coefficient (Wildman–Crippen LogP) is -2.41. The Kier molecular flexibility index (Phi) is 12.2. The van der Waals surface area contributed by atoms with Crippen molar-refractivity contribution >= 4 is 29.7 Å². The van der Waals surface area contributed by atoms with Gasteiger partial charge in [-0.2, -0.15) is 0 Å². The normalized spacial score (nSPS) is 5.00. The van der Waals surface area contributed by atoms with E-state index in [1.807, 2.05) is 0 Å². The monoisotopic (exact) mass is 178 g/mol. The molecule has 0 atom stereocenters. The molecule has 0 saturated carbocycles. The number of carbonyl (C=O) groups is 1.